The van der Waals surface area contributed by atoms with Gasteiger partial charge in [0.25, 0.3) is 0 Å². The smallest absolute Gasteiger partial charge is 0.160 e. The van der Waals surface area contributed by atoms with Gasteiger partial charge in [-0.25, -0.2) is 4.98 Å². The van der Waals surface area contributed by atoms with Crippen molar-refractivity contribution in [1.82, 2.24) is 15.3 Å². The molecule has 1 aromatic carbocycles. The molecular weight excluding hydrogens is 268 g/mol. The summed E-state index contributed by atoms with van der Waals surface area (Å²) in [6.45, 7) is 0.673. The first-order chi connectivity index (χ1) is 10.3. The zero-order valence-corrected chi connectivity index (χ0v) is 12.1. The quantitative estimate of drug-likeness (QED) is 0.811. The largest absolute Gasteiger partial charge is 0.493 e. The molecule has 1 atom stereocenters. The van der Waals surface area contributed by atoms with E-state index in [1.807, 2.05) is 18.2 Å². The van der Waals surface area contributed by atoms with Crippen LogP contribution in [0.15, 0.2) is 30.7 Å². The van der Waals surface area contributed by atoms with Gasteiger partial charge in [0.1, 0.15) is 6.04 Å². The molecule has 0 aliphatic carbocycles. The second-order valence-corrected chi connectivity index (χ2v) is 4.46. The van der Waals surface area contributed by atoms with Gasteiger partial charge in [-0.05, 0) is 24.1 Å². The molecular formula is C15H18N4O2. The van der Waals surface area contributed by atoms with Crippen molar-refractivity contribution < 1.29 is 9.47 Å². The minimum absolute atomic E-state index is 0.382. The summed E-state index contributed by atoms with van der Waals surface area (Å²) in [5, 5.41) is 12.3. The van der Waals surface area contributed by atoms with Crippen molar-refractivity contribution in [2.75, 3.05) is 20.8 Å². The van der Waals surface area contributed by atoms with Gasteiger partial charge < -0.3 is 14.5 Å². The predicted octanol–water partition coefficient (Wildman–Crippen LogP) is 1.82. The minimum Gasteiger partial charge on any atom is -0.493 e. The van der Waals surface area contributed by atoms with E-state index >= 15 is 0 Å². The molecule has 0 spiro atoms. The molecule has 0 aliphatic rings. The molecule has 0 saturated heterocycles. The first kappa shape index (κ1) is 14.9. The number of nitriles is 1. The van der Waals surface area contributed by atoms with E-state index in [-0.39, 0.29) is 6.04 Å². The van der Waals surface area contributed by atoms with Crippen LogP contribution in [-0.2, 0) is 6.42 Å². The number of rotatable bonds is 7. The number of hydrogen-bond acceptors (Lipinski definition) is 5. The minimum atomic E-state index is -0.382. The molecule has 1 heterocycles. The highest BCUT2D eigenvalue weighted by atomic mass is 16.5. The van der Waals surface area contributed by atoms with Crippen LogP contribution in [-0.4, -0.2) is 30.7 Å². The molecule has 0 amide bonds. The lowest BCUT2D eigenvalue weighted by atomic mass is 10.1. The van der Waals surface area contributed by atoms with Crippen molar-refractivity contribution in [1.29, 1.82) is 5.26 Å². The first-order valence-electron chi connectivity index (χ1n) is 6.60. The third-order valence-electron chi connectivity index (χ3n) is 3.17. The summed E-state index contributed by atoms with van der Waals surface area (Å²) in [7, 11) is 3.23. The van der Waals surface area contributed by atoms with E-state index < -0.39 is 0 Å². The Morgan fingerprint density at radius 1 is 1.33 bits per heavy atom. The van der Waals surface area contributed by atoms with Crippen LogP contribution in [0.2, 0.25) is 0 Å². The lowest BCUT2D eigenvalue weighted by molar-refractivity contribution is 0.354. The second kappa shape index (κ2) is 7.31. The van der Waals surface area contributed by atoms with Crippen molar-refractivity contribution in [3.63, 3.8) is 0 Å². The first-order valence-corrected chi connectivity index (χ1v) is 6.60. The van der Waals surface area contributed by atoms with Crippen LogP contribution in [0, 0.1) is 11.3 Å². The number of H-pyrrole nitrogens is 1. The molecule has 1 aromatic heterocycles. The zero-order valence-electron chi connectivity index (χ0n) is 12.1. The number of ether oxygens (including phenoxy) is 2. The van der Waals surface area contributed by atoms with E-state index in [1.165, 1.54) is 0 Å². The maximum Gasteiger partial charge on any atom is 0.160 e. The van der Waals surface area contributed by atoms with Gasteiger partial charge in [0, 0.05) is 6.54 Å². The number of nitrogens with one attached hydrogen (secondary N) is 2. The number of hydrogen-bond donors (Lipinski definition) is 2. The van der Waals surface area contributed by atoms with Crippen molar-refractivity contribution in [2.45, 2.75) is 12.5 Å². The Morgan fingerprint density at radius 2 is 2.14 bits per heavy atom. The van der Waals surface area contributed by atoms with E-state index in [1.54, 1.807) is 26.7 Å². The molecule has 21 heavy (non-hydrogen) atoms. The van der Waals surface area contributed by atoms with Gasteiger partial charge in [-0.15, -0.1) is 0 Å². The van der Waals surface area contributed by atoms with Crippen molar-refractivity contribution in [2.24, 2.45) is 0 Å². The Hall–Kier alpha value is -2.52. The number of methoxy groups -OCH3 is 2. The van der Waals surface area contributed by atoms with E-state index in [0.29, 0.717) is 18.0 Å². The summed E-state index contributed by atoms with van der Waals surface area (Å²) >= 11 is 0. The fourth-order valence-corrected chi connectivity index (χ4v) is 2.05. The third-order valence-corrected chi connectivity index (χ3v) is 3.17. The van der Waals surface area contributed by atoms with Gasteiger partial charge >= 0.3 is 0 Å². The Labute approximate surface area is 123 Å². The molecule has 0 fully saturated rings. The summed E-state index contributed by atoms with van der Waals surface area (Å²) in [4.78, 5) is 6.86. The summed E-state index contributed by atoms with van der Waals surface area (Å²) in [5.74, 6) is 1.42. The number of imidazole rings is 1. The molecule has 2 aromatic rings. The van der Waals surface area contributed by atoms with Gasteiger partial charge in [0.2, 0.25) is 0 Å². The molecule has 2 rings (SSSR count). The van der Waals surface area contributed by atoms with Gasteiger partial charge in [-0.2, -0.15) is 5.26 Å². The maximum atomic E-state index is 9.15. The van der Waals surface area contributed by atoms with E-state index in [2.05, 4.69) is 21.4 Å². The summed E-state index contributed by atoms with van der Waals surface area (Å²) < 4.78 is 10.5. The summed E-state index contributed by atoms with van der Waals surface area (Å²) in [5.41, 5.74) is 1.88. The lowest BCUT2D eigenvalue weighted by Gasteiger charge is -2.11. The van der Waals surface area contributed by atoms with E-state index in [0.717, 1.165) is 17.7 Å². The maximum absolute atomic E-state index is 9.15. The molecule has 0 aliphatic heterocycles. The Balaban J connectivity index is 1.93. The molecule has 110 valence electrons. The van der Waals surface area contributed by atoms with Crippen LogP contribution < -0.4 is 14.8 Å². The van der Waals surface area contributed by atoms with E-state index in [4.69, 9.17) is 14.7 Å². The Bertz CT molecular complexity index is 605. The topological polar surface area (TPSA) is 83.0 Å². The van der Waals surface area contributed by atoms with Crippen LogP contribution in [0.25, 0.3) is 0 Å². The monoisotopic (exact) mass is 286 g/mol. The summed E-state index contributed by atoms with van der Waals surface area (Å²) in [6, 6.07) is 7.63. The van der Waals surface area contributed by atoms with Gasteiger partial charge in [-0.3, -0.25) is 5.32 Å². The third kappa shape index (κ3) is 3.74. The fourth-order valence-electron chi connectivity index (χ4n) is 2.05. The van der Waals surface area contributed by atoms with Crippen LogP contribution >= 0.6 is 0 Å². The second-order valence-electron chi connectivity index (χ2n) is 4.46. The summed E-state index contributed by atoms with van der Waals surface area (Å²) in [6.07, 6.45) is 4.00. The average Bonchev–Trinajstić information content (AvgIpc) is 3.05. The molecule has 6 heteroatoms. The van der Waals surface area contributed by atoms with Crippen LogP contribution in [0.5, 0.6) is 11.5 Å². The predicted molar refractivity (Wildman–Crippen MR) is 78.2 cm³/mol. The highest BCUT2D eigenvalue weighted by Gasteiger charge is 2.11. The van der Waals surface area contributed by atoms with Crippen molar-refractivity contribution in [3.05, 3.63) is 42.0 Å². The van der Waals surface area contributed by atoms with Crippen LogP contribution in [0.1, 0.15) is 17.3 Å². The fraction of sp³-hybridized carbons (Fsp3) is 0.333. The SMILES string of the molecule is COc1ccc(CCNC(C#N)c2cnc[nH]2)cc1OC. The number of benzene rings is 1. The van der Waals surface area contributed by atoms with Gasteiger partial charge in [0.05, 0.1) is 38.5 Å². The van der Waals surface area contributed by atoms with Crippen molar-refractivity contribution >= 4 is 0 Å². The average molecular weight is 286 g/mol. The number of nitrogens with zero attached hydrogens (tertiary/aromatic N) is 2. The normalized spacial score (nSPS) is 11.7. The van der Waals surface area contributed by atoms with Gasteiger partial charge in [-0.1, -0.05) is 6.07 Å². The molecule has 6 nitrogen and oxygen atoms in total. The molecule has 1 unspecified atom stereocenters. The van der Waals surface area contributed by atoms with Crippen LogP contribution in [0.3, 0.4) is 0 Å². The van der Waals surface area contributed by atoms with E-state index in [9.17, 15) is 0 Å². The zero-order chi connectivity index (χ0) is 15.1. The van der Waals surface area contributed by atoms with Gasteiger partial charge in [0.15, 0.2) is 11.5 Å². The number of aromatic amines is 1. The van der Waals surface area contributed by atoms with Crippen molar-refractivity contribution in [3.8, 4) is 17.6 Å². The standard InChI is InChI=1S/C15H18N4O2/c1-20-14-4-3-11(7-15(14)21-2)5-6-18-12(8-16)13-9-17-10-19-13/h3-4,7,9-10,12,18H,5-6H2,1-2H3,(H,17,19). The molecule has 2 N–H and O–H groups in total. The highest BCUT2D eigenvalue weighted by molar-refractivity contribution is 5.42. The molecule has 0 bridgehead atoms. The highest BCUT2D eigenvalue weighted by Crippen LogP contribution is 2.27. The Kier molecular flexibility index (Phi) is 5.18. The Morgan fingerprint density at radius 3 is 2.76 bits per heavy atom. The van der Waals surface area contributed by atoms with Crippen LogP contribution in [0.4, 0.5) is 0 Å². The molecule has 0 radical (unpaired) electrons. The molecule has 0 saturated carbocycles. The lowest BCUT2D eigenvalue weighted by Crippen LogP contribution is -2.22. The number of aromatic nitrogens is 2.